The number of para-hydroxylation sites is 1. The molecule has 0 radical (unpaired) electrons. The third-order valence-electron chi connectivity index (χ3n) is 8.11. The number of nitrogens with zero attached hydrogens (tertiary/aromatic N) is 2. The molecular weight excluding hydrogens is 468 g/mol. The largest absolute Gasteiger partial charge is 0.493 e. The minimum atomic E-state index is -2.01. The topological polar surface area (TPSA) is 52.9 Å². The number of rotatable bonds is 8. The predicted molar refractivity (Wildman–Crippen MR) is 150 cm³/mol. The predicted octanol–water partition coefficient (Wildman–Crippen LogP) is 7.42. The van der Waals surface area contributed by atoms with Crippen LogP contribution in [0.3, 0.4) is 0 Å². The van der Waals surface area contributed by atoms with Crippen molar-refractivity contribution in [3.63, 3.8) is 0 Å². The number of benzene rings is 2. The van der Waals surface area contributed by atoms with Crippen LogP contribution in [-0.2, 0) is 0 Å². The molecule has 1 aromatic heterocycles. The average Bonchev–Trinajstić information content (AvgIpc) is 3.22. The summed E-state index contributed by atoms with van der Waals surface area (Å²) in [5.41, 5.74) is 5.41. The second kappa shape index (κ2) is 9.85. The first-order valence-electron chi connectivity index (χ1n) is 12.9. The Hall–Kier alpha value is -2.93. The summed E-state index contributed by atoms with van der Waals surface area (Å²) >= 11 is 0. The summed E-state index contributed by atoms with van der Waals surface area (Å²) < 4.78 is 19.6. The zero-order valence-electron chi connectivity index (χ0n) is 23.1. The highest BCUT2D eigenvalue weighted by Gasteiger charge is 2.46. The molecule has 0 aliphatic carbocycles. The van der Waals surface area contributed by atoms with Gasteiger partial charge in [0, 0.05) is 36.1 Å². The Labute approximate surface area is 216 Å². The molecule has 2 aromatic carbocycles. The second-order valence-corrected chi connectivity index (χ2v) is 16.3. The Morgan fingerprint density at radius 3 is 2.00 bits per heavy atom. The van der Waals surface area contributed by atoms with Crippen molar-refractivity contribution < 1.29 is 19.0 Å². The van der Waals surface area contributed by atoms with Gasteiger partial charge >= 0.3 is 0 Å². The number of ketones is 1. The molecule has 2 heterocycles. The first-order chi connectivity index (χ1) is 17.1. The molecule has 6 nitrogen and oxygen atoms in total. The monoisotopic (exact) mass is 508 g/mol. The molecule has 1 aliphatic rings. The van der Waals surface area contributed by atoms with Crippen molar-refractivity contribution in [2.75, 3.05) is 32.8 Å². The van der Waals surface area contributed by atoms with Crippen LogP contribution >= 0.6 is 0 Å². The Balaban J connectivity index is 2.05. The summed E-state index contributed by atoms with van der Waals surface area (Å²) in [5.74, 6) is 1.48. The molecule has 3 aromatic rings. The van der Waals surface area contributed by atoms with Gasteiger partial charge in [-0.15, -0.1) is 0 Å². The number of ether oxygens (including phenoxy) is 3. The first kappa shape index (κ1) is 26.1. The molecule has 0 unspecified atom stereocenters. The fraction of sp³-hybridized carbons (Fsp3) is 0.483. The third kappa shape index (κ3) is 3.70. The van der Waals surface area contributed by atoms with Crippen molar-refractivity contribution in [3.05, 3.63) is 42.1 Å². The Morgan fingerprint density at radius 2 is 1.44 bits per heavy atom. The summed E-state index contributed by atoms with van der Waals surface area (Å²) in [7, 11) is 2.74. The van der Waals surface area contributed by atoms with Gasteiger partial charge in [0.2, 0.25) is 5.75 Å². The van der Waals surface area contributed by atoms with Gasteiger partial charge in [-0.25, -0.2) is 0 Å². The van der Waals surface area contributed by atoms with E-state index < -0.39 is 8.24 Å². The maximum Gasteiger partial charge on any atom is 0.204 e. The summed E-state index contributed by atoms with van der Waals surface area (Å²) in [6.07, 6.45) is 2.76. The lowest BCUT2D eigenvalue weighted by Crippen LogP contribution is -2.51. The number of carbonyl (C=O) groups excluding carboxylic acids is 1. The number of hydrogen-bond acceptors (Lipinski definition) is 5. The average molecular weight is 509 g/mol. The lowest BCUT2D eigenvalue weighted by atomic mass is 9.97. The van der Waals surface area contributed by atoms with Gasteiger partial charge < -0.3 is 23.3 Å². The smallest absolute Gasteiger partial charge is 0.204 e. The normalized spacial score (nSPS) is 14.2. The van der Waals surface area contributed by atoms with E-state index in [1.54, 1.807) is 21.3 Å². The number of methoxy groups -OCH3 is 3. The van der Waals surface area contributed by atoms with E-state index in [4.69, 9.17) is 14.2 Å². The van der Waals surface area contributed by atoms with Crippen LogP contribution in [0.15, 0.2) is 36.5 Å². The number of anilines is 2. The molecule has 0 amide bonds. The maximum absolute atomic E-state index is 13.2. The van der Waals surface area contributed by atoms with Gasteiger partial charge in [-0.3, -0.25) is 4.79 Å². The molecule has 0 spiro atoms. The summed E-state index contributed by atoms with van der Waals surface area (Å²) in [6, 6.07) is 10.6. The van der Waals surface area contributed by atoms with E-state index >= 15 is 0 Å². The van der Waals surface area contributed by atoms with Crippen molar-refractivity contribution in [2.24, 2.45) is 0 Å². The van der Waals surface area contributed by atoms with E-state index in [2.05, 4.69) is 81.1 Å². The van der Waals surface area contributed by atoms with Crippen LogP contribution in [-0.4, -0.2) is 46.1 Å². The lowest BCUT2D eigenvalue weighted by molar-refractivity contribution is 0.0977. The Morgan fingerprint density at radius 1 is 0.833 bits per heavy atom. The number of fused-ring (bicyclic) bond motifs is 2. The van der Waals surface area contributed by atoms with Gasteiger partial charge in [-0.2, -0.15) is 0 Å². The van der Waals surface area contributed by atoms with Crippen molar-refractivity contribution in [1.29, 1.82) is 0 Å². The molecule has 0 atom stereocenters. The van der Waals surface area contributed by atoms with Crippen LogP contribution in [0.2, 0.25) is 16.6 Å². The Bertz CT molecular complexity index is 1260. The highest BCUT2D eigenvalue weighted by atomic mass is 28.3. The molecule has 0 N–H and O–H groups in total. The van der Waals surface area contributed by atoms with Gasteiger partial charge in [-0.1, -0.05) is 59.7 Å². The van der Waals surface area contributed by atoms with Crippen LogP contribution in [0.25, 0.3) is 10.9 Å². The molecule has 0 fully saturated rings. The van der Waals surface area contributed by atoms with Crippen molar-refractivity contribution in [2.45, 2.75) is 64.6 Å². The van der Waals surface area contributed by atoms with Gasteiger partial charge in [0.05, 0.1) is 38.3 Å². The fourth-order valence-corrected chi connectivity index (χ4v) is 13.5. The van der Waals surface area contributed by atoms with Gasteiger partial charge in [0.15, 0.2) is 25.5 Å². The number of carbonyl (C=O) groups is 1. The highest BCUT2D eigenvalue weighted by molar-refractivity contribution is 6.82. The second-order valence-electron chi connectivity index (χ2n) is 10.6. The minimum Gasteiger partial charge on any atom is -0.493 e. The molecule has 7 heteroatoms. The van der Waals surface area contributed by atoms with Gasteiger partial charge in [-0.05, 0) is 22.7 Å². The van der Waals surface area contributed by atoms with Gasteiger partial charge in [0.1, 0.15) is 0 Å². The summed E-state index contributed by atoms with van der Waals surface area (Å²) in [4.78, 5) is 15.5. The van der Waals surface area contributed by atoms with Crippen LogP contribution < -0.4 is 19.1 Å². The molecule has 4 rings (SSSR count). The third-order valence-corrected chi connectivity index (χ3v) is 14.9. The zero-order chi connectivity index (χ0) is 26.4. The number of Topliss-reactive ketones (excluding diaryl/α,β-unsaturated/α-hetero) is 1. The van der Waals surface area contributed by atoms with E-state index in [-0.39, 0.29) is 5.78 Å². The first-order valence-corrected chi connectivity index (χ1v) is 15.1. The molecule has 194 valence electrons. The van der Waals surface area contributed by atoms with Crippen LogP contribution in [0, 0.1) is 0 Å². The summed E-state index contributed by atoms with van der Waals surface area (Å²) in [5, 5.41) is 1.20. The van der Waals surface area contributed by atoms with E-state index in [9.17, 15) is 4.79 Å². The fourth-order valence-electron chi connectivity index (χ4n) is 6.87. The van der Waals surface area contributed by atoms with E-state index in [0.29, 0.717) is 52.4 Å². The Kier molecular flexibility index (Phi) is 7.15. The quantitative estimate of drug-likeness (QED) is 0.296. The number of hydrogen-bond donors (Lipinski definition) is 0. The van der Waals surface area contributed by atoms with Crippen LogP contribution in [0.4, 0.5) is 11.4 Å². The van der Waals surface area contributed by atoms with Crippen molar-refractivity contribution in [3.8, 4) is 17.2 Å². The standard InChI is InChI=1S/C29H40N2O4Si/c1-18(2)36(19(3)4,20(5)6)31-17-24(21-12-10-11-13-22(21)31)30-15-14-25(32)27-23(30)16-26(33-7)28(34-8)29(27)35-9/h10-13,16-20H,14-15H2,1-9H3. The molecule has 1 aliphatic heterocycles. The molecule has 0 bridgehead atoms. The number of aromatic nitrogens is 1. The van der Waals surface area contributed by atoms with E-state index in [0.717, 1.165) is 11.4 Å². The molecule has 0 saturated carbocycles. The van der Waals surface area contributed by atoms with E-state index in [1.165, 1.54) is 10.9 Å². The molecular formula is C29H40N2O4Si. The van der Waals surface area contributed by atoms with Crippen LogP contribution in [0.5, 0.6) is 17.2 Å². The SMILES string of the molecule is COc1cc2c(c(OC)c1OC)C(=O)CCN2c1cn([Si](C(C)C)(C(C)C)C(C)C)c2ccccc12. The highest BCUT2D eigenvalue weighted by Crippen LogP contribution is 2.51. The minimum absolute atomic E-state index is 0.0538. The zero-order valence-corrected chi connectivity index (χ0v) is 24.1. The van der Waals surface area contributed by atoms with Gasteiger partial charge in [0.25, 0.3) is 0 Å². The summed E-state index contributed by atoms with van der Waals surface area (Å²) in [6.45, 7) is 14.9. The molecule has 36 heavy (non-hydrogen) atoms. The van der Waals surface area contributed by atoms with E-state index in [1.807, 2.05) is 6.07 Å². The lowest BCUT2D eigenvalue weighted by Gasteiger charge is -2.44. The molecule has 0 saturated heterocycles. The van der Waals surface area contributed by atoms with Crippen LogP contribution in [0.1, 0.15) is 58.3 Å². The van der Waals surface area contributed by atoms with Crippen molar-refractivity contribution in [1.82, 2.24) is 4.23 Å². The van der Waals surface area contributed by atoms with Crippen molar-refractivity contribution >= 4 is 36.3 Å². The maximum atomic E-state index is 13.2.